The summed E-state index contributed by atoms with van der Waals surface area (Å²) in [4.78, 5) is 0. The van der Waals surface area contributed by atoms with Gasteiger partial charge in [0, 0.05) is 18.3 Å². The van der Waals surface area contributed by atoms with Crippen molar-refractivity contribution < 1.29 is 14.0 Å². The van der Waals surface area contributed by atoms with Crippen LogP contribution >= 0.6 is 0 Å². The van der Waals surface area contributed by atoms with Crippen molar-refractivity contribution in [3.63, 3.8) is 0 Å². The minimum absolute atomic E-state index is 0.241. The van der Waals surface area contributed by atoms with Crippen LogP contribution in [-0.2, 0) is 14.0 Å². The molecule has 0 aromatic heterocycles. The molecular weight excluding hydrogens is 419 g/mol. The van der Waals surface area contributed by atoms with Crippen molar-refractivity contribution in [2.45, 2.75) is 138 Å². The Bertz CT molecular complexity index is 513. The van der Waals surface area contributed by atoms with Crippen LogP contribution < -0.4 is 0 Å². The summed E-state index contributed by atoms with van der Waals surface area (Å²) in [6, 6.07) is 0. The fourth-order valence-electron chi connectivity index (χ4n) is 7.34. The number of hydrogen-bond donors (Lipinski definition) is 0. The zero-order valence-electron chi connectivity index (χ0n) is 24.1. The average molecular weight is 477 g/mol. The summed E-state index contributed by atoms with van der Waals surface area (Å²) in [7, 11) is -0.523. The molecule has 4 heteroatoms. The Morgan fingerprint density at radius 1 is 0.471 bits per heavy atom. The first-order valence-corrected chi connectivity index (χ1v) is 15.0. The van der Waals surface area contributed by atoms with E-state index in [9.17, 15) is 0 Å². The zero-order valence-corrected chi connectivity index (χ0v) is 24.1. The first-order valence-electron chi connectivity index (χ1n) is 15.0. The molecule has 0 saturated heterocycles. The highest BCUT2D eigenvalue weighted by molar-refractivity contribution is 6.36. The van der Waals surface area contributed by atoms with Crippen LogP contribution in [0.1, 0.15) is 120 Å². The van der Waals surface area contributed by atoms with Gasteiger partial charge in [-0.3, -0.25) is 0 Å². The highest BCUT2D eigenvalue weighted by Crippen LogP contribution is 2.40. The van der Waals surface area contributed by atoms with Gasteiger partial charge in [0.25, 0.3) is 0 Å². The Kier molecular flexibility index (Phi) is 10.9. The molecule has 3 nitrogen and oxygen atoms in total. The molecule has 3 aliphatic rings. The van der Waals surface area contributed by atoms with Crippen LogP contribution in [0.15, 0.2) is 0 Å². The molecule has 3 aliphatic carbocycles. The minimum atomic E-state index is -0.523. The quantitative estimate of drug-likeness (QED) is 0.313. The molecule has 3 saturated carbocycles. The van der Waals surface area contributed by atoms with Gasteiger partial charge in [-0.2, -0.15) is 0 Å². The third-order valence-corrected chi connectivity index (χ3v) is 9.74. The third-order valence-electron chi connectivity index (χ3n) is 9.74. The smallest absolute Gasteiger partial charge is 0.383 e. The van der Waals surface area contributed by atoms with E-state index < -0.39 is 7.32 Å². The van der Waals surface area contributed by atoms with E-state index in [1.165, 1.54) is 38.5 Å². The van der Waals surface area contributed by atoms with Crippen molar-refractivity contribution in [2.75, 3.05) is 0 Å². The van der Waals surface area contributed by atoms with Crippen molar-refractivity contribution in [3.05, 3.63) is 0 Å². The SMILES string of the molecule is CC(C)[C@@H]1CC[C@@H](C)C[C@@H]1OB(O[C@H]1C[C@H](C)CC[C@H]1C(C)C)O[C@H]1C[C@H](C)CC[C@H]1C(C)C. The Morgan fingerprint density at radius 2 is 0.735 bits per heavy atom. The van der Waals surface area contributed by atoms with Crippen LogP contribution in [0, 0.1) is 53.3 Å². The molecule has 0 heterocycles. The van der Waals surface area contributed by atoms with Crippen molar-refractivity contribution in [1.82, 2.24) is 0 Å². The van der Waals surface area contributed by atoms with Crippen molar-refractivity contribution >= 4 is 7.32 Å². The fourth-order valence-corrected chi connectivity index (χ4v) is 7.34. The summed E-state index contributed by atoms with van der Waals surface area (Å²) in [5.74, 6) is 5.86. The summed E-state index contributed by atoms with van der Waals surface area (Å²) < 4.78 is 20.8. The van der Waals surface area contributed by atoms with E-state index >= 15 is 0 Å². The first kappa shape index (κ1) is 28.5. The second-order valence-corrected chi connectivity index (χ2v) is 13.8. The molecule has 0 aromatic rings. The lowest BCUT2D eigenvalue weighted by atomic mass is 9.74. The Balaban J connectivity index is 1.81. The lowest BCUT2D eigenvalue weighted by Crippen LogP contribution is -2.48. The summed E-state index contributed by atoms with van der Waals surface area (Å²) in [5.41, 5.74) is 0. The molecule has 3 fully saturated rings. The van der Waals surface area contributed by atoms with Crippen molar-refractivity contribution in [3.8, 4) is 0 Å². The van der Waals surface area contributed by atoms with Gasteiger partial charge < -0.3 is 14.0 Å². The van der Waals surface area contributed by atoms with Crippen LogP contribution in [0.3, 0.4) is 0 Å². The van der Waals surface area contributed by atoms with Crippen LogP contribution in [0.4, 0.5) is 0 Å². The molecule has 0 unspecified atom stereocenters. The van der Waals surface area contributed by atoms with Gasteiger partial charge in [-0.25, -0.2) is 0 Å². The first-order chi connectivity index (χ1) is 16.0. The largest absolute Gasteiger partial charge is 0.640 e. The lowest BCUT2D eigenvalue weighted by Gasteiger charge is -2.43. The molecule has 0 N–H and O–H groups in total. The maximum Gasteiger partial charge on any atom is 0.640 e. The van der Waals surface area contributed by atoms with Gasteiger partial charge in [0.2, 0.25) is 0 Å². The molecular formula is C30H57BO3. The molecule has 0 bridgehead atoms. The van der Waals surface area contributed by atoms with E-state index in [1.54, 1.807) is 0 Å². The van der Waals surface area contributed by atoms with Gasteiger partial charge in [-0.05, 0) is 91.8 Å². The molecule has 0 radical (unpaired) electrons. The maximum absolute atomic E-state index is 6.92. The standard InChI is InChI=1S/C30H57BO3/c1-19(2)25-13-10-22(7)16-28(25)32-31(33-29-17-23(8)11-14-26(29)20(3)4)34-30-18-24(9)12-15-27(30)21(5)6/h19-30H,10-18H2,1-9H3/t22-,23-,24-,25+,26+,27+,28+,29+,30+/m1/s1. The predicted octanol–water partition coefficient (Wildman–Crippen LogP) is 8.40. The second-order valence-electron chi connectivity index (χ2n) is 13.8. The monoisotopic (exact) mass is 476 g/mol. The molecule has 0 aromatic carbocycles. The van der Waals surface area contributed by atoms with E-state index in [-0.39, 0.29) is 18.3 Å². The predicted molar refractivity (Wildman–Crippen MR) is 144 cm³/mol. The van der Waals surface area contributed by atoms with Crippen LogP contribution in [0.2, 0.25) is 0 Å². The van der Waals surface area contributed by atoms with Crippen LogP contribution in [0.25, 0.3) is 0 Å². The van der Waals surface area contributed by atoms with Gasteiger partial charge in [0.05, 0.1) is 0 Å². The van der Waals surface area contributed by atoms with Gasteiger partial charge in [-0.15, -0.1) is 0 Å². The minimum Gasteiger partial charge on any atom is -0.383 e. The fraction of sp³-hybridized carbons (Fsp3) is 1.00. The molecule has 0 spiro atoms. The van der Waals surface area contributed by atoms with Gasteiger partial charge in [0.1, 0.15) is 0 Å². The van der Waals surface area contributed by atoms with Crippen molar-refractivity contribution in [1.29, 1.82) is 0 Å². The average Bonchev–Trinajstić information content (AvgIpc) is 2.73. The lowest BCUT2D eigenvalue weighted by molar-refractivity contribution is -0.0763. The van der Waals surface area contributed by atoms with Crippen molar-refractivity contribution in [2.24, 2.45) is 53.3 Å². The number of hydrogen-bond acceptors (Lipinski definition) is 3. The van der Waals surface area contributed by atoms with Crippen LogP contribution in [-0.4, -0.2) is 25.6 Å². The van der Waals surface area contributed by atoms with E-state index in [2.05, 4.69) is 62.3 Å². The molecule has 34 heavy (non-hydrogen) atoms. The van der Waals surface area contributed by atoms with Gasteiger partial charge >= 0.3 is 7.32 Å². The summed E-state index contributed by atoms with van der Waals surface area (Å²) in [6.45, 7) is 21.3. The zero-order chi connectivity index (χ0) is 25.0. The summed E-state index contributed by atoms with van der Waals surface area (Å²) >= 11 is 0. The van der Waals surface area contributed by atoms with Gasteiger partial charge in [0.15, 0.2) is 0 Å². The normalized spacial score (nSPS) is 39.7. The topological polar surface area (TPSA) is 27.7 Å². The van der Waals surface area contributed by atoms with E-state index in [4.69, 9.17) is 14.0 Å². The molecule has 9 atom stereocenters. The molecule has 0 aliphatic heterocycles. The Morgan fingerprint density at radius 3 is 0.971 bits per heavy atom. The van der Waals surface area contributed by atoms with Gasteiger partial charge in [-0.1, -0.05) is 81.6 Å². The number of rotatable bonds is 9. The van der Waals surface area contributed by atoms with E-state index in [0.29, 0.717) is 35.5 Å². The van der Waals surface area contributed by atoms with Crippen LogP contribution in [0.5, 0.6) is 0 Å². The Labute approximate surface area is 213 Å². The Hall–Kier alpha value is -0.0551. The molecule has 198 valence electrons. The highest BCUT2D eigenvalue weighted by Gasteiger charge is 2.43. The van der Waals surface area contributed by atoms with E-state index in [0.717, 1.165) is 37.0 Å². The van der Waals surface area contributed by atoms with E-state index in [1.807, 2.05) is 0 Å². The molecule has 3 rings (SSSR count). The third kappa shape index (κ3) is 7.72. The molecule has 0 amide bonds. The maximum atomic E-state index is 6.92. The summed E-state index contributed by atoms with van der Waals surface area (Å²) in [5, 5.41) is 0. The second kappa shape index (κ2) is 13.0. The summed E-state index contributed by atoms with van der Waals surface area (Å²) in [6.07, 6.45) is 11.9. The highest BCUT2D eigenvalue weighted by atomic mass is 16.7.